The van der Waals surface area contributed by atoms with Gasteiger partial charge in [-0.2, -0.15) is 4.89 Å². The summed E-state index contributed by atoms with van der Waals surface area (Å²) in [6, 6.07) is 8.53. The summed E-state index contributed by atoms with van der Waals surface area (Å²) in [6.07, 6.45) is 0. The topological polar surface area (TPSA) is 83.5 Å². The molecule has 4 N–H and O–H groups in total. The van der Waals surface area contributed by atoms with Crippen molar-refractivity contribution < 1.29 is 14.6 Å². The van der Waals surface area contributed by atoms with E-state index in [1.807, 2.05) is 6.07 Å². The number of aliphatic hydroxyl groups excluding tert-OH is 1. The Morgan fingerprint density at radius 2 is 1.77 bits per heavy atom. The van der Waals surface area contributed by atoms with E-state index in [1.165, 1.54) is 0 Å². The predicted molar refractivity (Wildman–Crippen MR) is 52.0 cm³/mol. The second kappa shape index (κ2) is 7.83. The molecule has 0 saturated carbocycles. The van der Waals surface area contributed by atoms with Crippen LogP contribution in [0, 0.1) is 0 Å². The van der Waals surface area contributed by atoms with Gasteiger partial charge in [-0.3, -0.25) is 0 Å². The molecule has 0 amide bonds. The average molecular weight is 202 g/mol. The molecule has 1 aromatic carbocycles. The van der Waals surface area contributed by atoms with Crippen molar-refractivity contribution in [2.45, 2.75) is 0 Å². The van der Waals surface area contributed by atoms with Crippen molar-refractivity contribution in [3.8, 4) is 0 Å². The van der Waals surface area contributed by atoms with Crippen LogP contribution >= 0.6 is 8.03 Å². The number of hydrogen-bond donors (Lipinski definition) is 3. The molecule has 1 unspecified atom stereocenters. The minimum atomic E-state index is -2.15. The highest BCUT2D eigenvalue weighted by Crippen LogP contribution is 2.10. The lowest BCUT2D eigenvalue weighted by molar-refractivity contribution is 0.306. The maximum absolute atomic E-state index is 10.3. The van der Waals surface area contributed by atoms with Crippen molar-refractivity contribution in [1.82, 2.24) is 0 Å². The minimum absolute atomic E-state index is 0.0972. The average Bonchev–Trinajstić information content (AvgIpc) is 2.19. The lowest BCUT2D eigenvalue weighted by Gasteiger charge is -1.77. The summed E-state index contributed by atoms with van der Waals surface area (Å²) >= 11 is 0. The minimum Gasteiger partial charge on any atom is -0.395 e. The van der Waals surface area contributed by atoms with Crippen molar-refractivity contribution in [1.29, 1.82) is 0 Å². The van der Waals surface area contributed by atoms with Crippen LogP contribution in [0.15, 0.2) is 30.3 Å². The molecule has 1 atom stereocenters. The second-order valence-corrected chi connectivity index (χ2v) is 3.18. The Bertz CT molecular complexity index is 238. The van der Waals surface area contributed by atoms with Crippen molar-refractivity contribution in [2.24, 2.45) is 5.73 Å². The van der Waals surface area contributed by atoms with Crippen molar-refractivity contribution in [2.75, 3.05) is 13.2 Å². The van der Waals surface area contributed by atoms with E-state index in [1.54, 1.807) is 24.3 Å². The largest absolute Gasteiger partial charge is 0.546 e. The van der Waals surface area contributed by atoms with Gasteiger partial charge in [-0.25, -0.2) is 0 Å². The number of aliphatic hydroxyl groups is 1. The molecular formula is C8H13NO3P+. The zero-order valence-corrected chi connectivity index (χ0v) is 8.02. The van der Waals surface area contributed by atoms with Crippen molar-refractivity contribution in [3.63, 3.8) is 0 Å². The molecule has 1 aromatic rings. The molecule has 13 heavy (non-hydrogen) atoms. The SMILES string of the molecule is NCCO.O=[P+](O)c1ccccc1. The fourth-order valence-electron chi connectivity index (χ4n) is 0.556. The highest BCUT2D eigenvalue weighted by Gasteiger charge is 2.12. The van der Waals surface area contributed by atoms with Gasteiger partial charge in [0.05, 0.1) is 6.61 Å². The summed E-state index contributed by atoms with van der Waals surface area (Å²) in [6.45, 7) is 0.472. The lowest BCUT2D eigenvalue weighted by atomic mass is 10.4. The Kier molecular flexibility index (Phi) is 7.35. The van der Waals surface area contributed by atoms with Crippen LogP contribution in [-0.4, -0.2) is 23.2 Å². The van der Waals surface area contributed by atoms with Crippen LogP contribution in [0.3, 0.4) is 0 Å². The van der Waals surface area contributed by atoms with E-state index in [2.05, 4.69) is 0 Å². The summed E-state index contributed by atoms with van der Waals surface area (Å²) in [7, 11) is -2.15. The third-order valence-electron chi connectivity index (χ3n) is 1.11. The third-order valence-corrected chi connectivity index (χ3v) is 1.85. The number of hydrogen-bond acceptors (Lipinski definition) is 3. The van der Waals surface area contributed by atoms with Gasteiger partial charge in [-0.1, -0.05) is 18.2 Å². The molecule has 0 aromatic heterocycles. The Balaban J connectivity index is 0.000000310. The number of benzene rings is 1. The van der Waals surface area contributed by atoms with Gasteiger partial charge < -0.3 is 10.8 Å². The Hall–Kier alpha value is -0.800. The zero-order chi connectivity index (χ0) is 10.1. The summed E-state index contributed by atoms with van der Waals surface area (Å²) < 4.78 is 10.3. The van der Waals surface area contributed by atoms with E-state index in [0.29, 0.717) is 11.8 Å². The summed E-state index contributed by atoms with van der Waals surface area (Å²) in [4.78, 5) is 8.53. The molecule has 0 spiro atoms. The van der Waals surface area contributed by atoms with E-state index in [-0.39, 0.29) is 6.61 Å². The Morgan fingerprint density at radius 1 is 1.31 bits per heavy atom. The van der Waals surface area contributed by atoms with Crippen molar-refractivity contribution in [3.05, 3.63) is 30.3 Å². The van der Waals surface area contributed by atoms with Crippen molar-refractivity contribution >= 4 is 13.3 Å². The number of nitrogens with two attached hydrogens (primary N) is 1. The maximum Gasteiger partial charge on any atom is 0.546 e. The molecule has 0 heterocycles. The maximum atomic E-state index is 10.3. The molecular weight excluding hydrogens is 189 g/mol. The highest BCUT2D eigenvalue weighted by atomic mass is 31.1. The molecule has 0 aliphatic carbocycles. The zero-order valence-electron chi connectivity index (χ0n) is 7.13. The summed E-state index contributed by atoms with van der Waals surface area (Å²) in [5.41, 5.74) is 4.78. The van der Waals surface area contributed by atoms with Crippen LogP contribution in [0.25, 0.3) is 0 Å². The second-order valence-electron chi connectivity index (χ2n) is 2.12. The van der Waals surface area contributed by atoms with Gasteiger partial charge in [-0.05, 0) is 16.7 Å². The first-order valence-electron chi connectivity index (χ1n) is 3.74. The monoisotopic (exact) mass is 202 g/mol. The molecule has 0 bridgehead atoms. The molecule has 0 radical (unpaired) electrons. The first-order chi connectivity index (χ1) is 6.22. The molecule has 1 rings (SSSR count). The predicted octanol–water partition coefficient (Wildman–Crippen LogP) is -0.0160. The van der Waals surface area contributed by atoms with Gasteiger partial charge in [0.15, 0.2) is 0 Å². The molecule has 0 fully saturated rings. The van der Waals surface area contributed by atoms with E-state index in [0.717, 1.165) is 0 Å². The van der Waals surface area contributed by atoms with Gasteiger partial charge in [0.1, 0.15) is 0 Å². The highest BCUT2D eigenvalue weighted by molar-refractivity contribution is 7.47. The van der Waals surface area contributed by atoms with Crippen LogP contribution < -0.4 is 11.0 Å². The van der Waals surface area contributed by atoms with E-state index in [9.17, 15) is 4.57 Å². The van der Waals surface area contributed by atoms with E-state index >= 15 is 0 Å². The van der Waals surface area contributed by atoms with Gasteiger partial charge in [0.25, 0.3) is 0 Å². The van der Waals surface area contributed by atoms with Gasteiger partial charge in [0, 0.05) is 6.54 Å². The molecule has 4 nitrogen and oxygen atoms in total. The van der Waals surface area contributed by atoms with Gasteiger partial charge in [-0.15, -0.1) is 0 Å². The van der Waals surface area contributed by atoms with Crippen LogP contribution in [0.5, 0.6) is 0 Å². The molecule has 0 aliphatic rings. The molecule has 5 heteroatoms. The smallest absolute Gasteiger partial charge is 0.395 e. The van der Waals surface area contributed by atoms with E-state index in [4.69, 9.17) is 15.7 Å². The van der Waals surface area contributed by atoms with Gasteiger partial charge >= 0.3 is 8.03 Å². The fraction of sp³-hybridized carbons (Fsp3) is 0.250. The van der Waals surface area contributed by atoms with Gasteiger partial charge in [0.2, 0.25) is 5.30 Å². The van der Waals surface area contributed by atoms with Crippen LogP contribution in [-0.2, 0) is 4.57 Å². The first kappa shape index (κ1) is 12.2. The third kappa shape index (κ3) is 6.37. The fourth-order valence-corrected chi connectivity index (χ4v) is 0.983. The normalized spacial score (nSPS) is 9.92. The number of rotatable bonds is 2. The Labute approximate surface area is 77.9 Å². The quantitative estimate of drug-likeness (QED) is 0.589. The van der Waals surface area contributed by atoms with Crippen LogP contribution in [0.4, 0.5) is 0 Å². The van der Waals surface area contributed by atoms with Crippen LogP contribution in [0.2, 0.25) is 0 Å². The summed E-state index contributed by atoms with van der Waals surface area (Å²) in [5.74, 6) is 0. The summed E-state index contributed by atoms with van der Waals surface area (Å²) in [5, 5.41) is 8.23. The standard InChI is InChI=1S/C6H5O2P.C2H7NO/c7-9(8)6-4-2-1-3-5-6;3-1-2-4/h1-5H;4H,1-3H2/p+1. The van der Waals surface area contributed by atoms with Crippen LogP contribution in [0.1, 0.15) is 0 Å². The van der Waals surface area contributed by atoms with E-state index < -0.39 is 8.03 Å². The first-order valence-corrected chi connectivity index (χ1v) is 4.95. The lowest BCUT2D eigenvalue weighted by Crippen LogP contribution is -2.02. The molecule has 72 valence electrons. The molecule has 0 aliphatic heterocycles. The Morgan fingerprint density at radius 3 is 2.00 bits per heavy atom. The molecule has 0 saturated heterocycles.